The number of esters is 1. The van der Waals surface area contributed by atoms with Crippen LogP contribution in [0, 0.1) is 20.8 Å². The van der Waals surface area contributed by atoms with E-state index >= 15 is 0 Å². The van der Waals surface area contributed by atoms with Crippen molar-refractivity contribution in [3.63, 3.8) is 0 Å². The van der Waals surface area contributed by atoms with Gasteiger partial charge in [0.05, 0.1) is 21.7 Å². The molecular formula is C24H27N3O7S. The number of aryl methyl sites for hydroxylation is 3. The second-order valence-electron chi connectivity index (χ2n) is 8.01. The number of sulfonamides is 1. The molecule has 0 aliphatic heterocycles. The average molecular weight is 502 g/mol. The molecule has 1 aromatic heterocycles. The lowest BCUT2D eigenvalue weighted by atomic mass is 10.2. The molecule has 1 N–H and O–H groups in total. The van der Waals surface area contributed by atoms with Crippen molar-refractivity contribution in [1.29, 1.82) is 0 Å². The Kier molecular flexibility index (Phi) is 7.92. The van der Waals surface area contributed by atoms with Crippen molar-refractivity contribution in [1.82, 2.24) is 9.46 Å². The summed E-state index contributed by atoms with van der Waals surface area (Å²) in [5, 5.41) is 6.42. The Balaban J connectivity index is 1.54. The van der Waals surface area contributed by atoms with Crippen molar-refractivity contribution in [2.45, 2.75) is 32.3 Å². The van der Waals surface area contributed by atoms with Crippen molar-refractivity contribution in [2.24, 2.45) is 0 Å². The first-order valence-electron chi connectivity index (χ1n) is 10.6. The maximum atomic E-state index is 12.4. The van der Waals surface area contributed by atoms with Crippen LogP contribution in [0.5, 0.6) is 5.75 Å². The van der Waals surface area contributed by atoms with Gasteiger partial charge in [-0.05, 0) is 62.7 Å². The van der Waals surface area contributed by atoms with Gasteiger partial charge in [-0.3, -0.25) is 4.79 Å². The first-order valence-corrected chi connectivity index (χ1v) is 12.1. The van der Waals surface area contributed by atoms with Crippen molar-refractivity contribution < 1.29 is 32.0 Å². The third-order valence-corrected chi connectivity index (χ3v) is 7.18. The Labute approximate surface area is 203 Å². The molecule has 0 fully saturated rings. The zero-order valence-electron chi connectivity index (χ0n) is 20.1. The highest BCUT2D eigenvalue weighted by atomic mass is 32.2. The number of carbonyl (C=O) groups excluding carboxylic acids is 2. The van der Waals surface area contributed by atoms with Crippen molar-refractivity contribution in [2.75, 3.05) is 26.0 Å². The summed E-state index contributed by atoms with van der Waals surface area (Å²) in [5.74, 6) is -0.0590. The van der Waals surface area contributed by atoms with Crippen LogP contribution in [0.25, 0.3) is 0 Å². The molecule has 0 bridgehead atoms. The number of amides is 1. The molecular weight excluding hydrogens is 474 g/mol. The van der Waals surface area contributed by atoms with E-state index in [0.29, 0.717) is 17.1 Å². The molecule has 3 rings (SSSR count). The van der Waals surface area contributed by atoms with Crippen LogP contribution in [0.15, 0.2) is 51.9 Å². The van der Waals surface area contributed by atoms with E-state index in [1.807, 2.05) is 6.92 Å². The minimum absolute atomic E-state index is 0.0777. The van der Waals surface area contributed by atoms with E-state index in [0.717, 1.165) is 15.6 Å². The summed E-state index contributed by atoms with van der Waals surface area (Å²) in [7, 11) is -0.819. The molecule has 2 aromatic carbocycles. The smallest absolute Gasteiger partial charge is 0.338 e. The van der Waals surface area contributed by atoms with Crippen LogP contribution in [-0.2, 0) is 26.2 Å². The molecule has 11 heteroatoms. The average Bonchev–Trinajstić information content (AvgIpc) is 3.14. The Hall–Kier alpha value is -3.70. The predicted octanol–water partition coefficient (Wildman–Crippen LogP) is 3.22. The van der Waals surface area contributed by atoms with Crippen molar-refractivity contribution in [3.8, 4) is 5.75 Å². The molecule has 0 unspecified atom stereocenters. The molecule has 0 saturated carbocycles. The van der Waals surface area contributed by atoms with Crippen molar-refractivity contribution in [3.05, 3.63) is 70.6 Å². The highest BCUT2D eigenvalue weighted by Gasteiger charge is 2.20. The monoisotopic (exact) mass is 501 g/mol. The maximum Gasteiger partial charge on any atom is 0.338 e. The maximum absolute atomic E-state index is 12.4. The topological polar surface area (TPSA) is 128 Å². The fourth-order valence-corrected chi connectivity index (χ4v) is 4.26. The lowest BCUT2D eigenvalue weighted by Crippen LogP contribution is -2.24. The molecule has 1 heterocycles. The van der Waals surface area contributed by atoms with Gasteiger partial charge in [0.2, 0.25) is 10.0 Å². The molecule has 3 aromatic rings. The Morgan fingerprint density at radius 2 is 1.74 bits per heavy atom. The summed E-state index contributed by atoms with van der Waals surface area (Å²) in [4.78, 5) is 24.6. The van der Waals surface area contributed by atoms with E-state index in [4.69, 9.17) is 14.0 Å². The van der Waals surface area contributed by atoms with Crippen LogP contribution < -0.4 is 10.1 Å². The summed E-state index contributed by atoms with van der Waals surface area (Å²) in [5.41, 5.74) is 2.68. The number of rotatable bonds is 9. The minimum atomic E-state index is -3.67. The van der Waals surface area contributed by atoms with E-state index in [-0.39, 0.29) is 22.8 Å². The van der Waals surface area contributed by atoms with Crippen LogP contribution in [0.3, 0.4) is 0 Å². The third kappa shape index (κ3) is 6.25. The Morgan fingerprint density at radius 1 is 1.06 bits per heavy atom. The molecule has 10 nitrogen and oxygen atoms in total. The molecule has 35 heavy (non-hydrogen) atoms. The zero-order chi connectivity index (χ0) is 25.8. The van der Waals surface area contributed by atoms with E-state index in [1.54, 1.807) is 38.1 Å². The molecule has 0 atom stereocenters. The standard InChI is InChI=1S/C24H27N3O7S/c1-15-6-9-19(12-22(15)35(30,31)27(4)5)25-23(28)14-33-24(29)18-7-10-20(11-8-18)32-13-21-16(2)26-34-17(21)3/h6-12H,13-14H2,1-5H3,(H,25,28). The highest BCUT2D eigenvalue weighted by molar-refractivity contribution is 7.89. The second kappa shape index (κ2) is 10.7. The van der Waals surface area contributed by atoms with Gasteiger partial charge in [-0.2, -0.15) is 0 Å². The van der Waals surface area contributed by atoms with Gasteiger partial charge in [0.15, 0.2) is 6.61 Å². The van der Waals surface area contributed by atoms with Gasteiger partial charge in [-0.25, -0.2) is 17.5 Å². The quantitative estimate of drug-likeness (QED) is 0.443. The number of benzene rings is 2. The van der Waals surface area contributed by atoms with Crippen LogP contribution in [0.1, 0.15) is 32.9 Å². The van der Waals surface area contributed by atoms with Crippen LogP contribution in [0.2, 0.25) is 0 Å². The van der Waals surface area contributed by atoms with Gasteiger partial charge in [-0.15, -0.1) is 0 Å². The fraction of sp³-hybridized carbons (Fsp3) is 0.292. The van der Waals surface area contributed by atoms with Gasteiger partial charge >= 0.3 is 5.97 Å². The largest absolute Gasteiger partial charge is 0.489 e. The molecule has 0 aliphatic rings. The summed E-state index contributed by atoms with van der Waals surface area (Å²) >= 11 is 0. The zero-order valence-corrected chi connectivity index (χ0v) is 20.9. The second-order valence-corrected chi connectivity index (χ2v) is 10.1. The van der Waals surface area contributed by atoms with Crippen LogP contribution in [-0.4, -0.2) is 50.5 Å². The normalized spacial score (nSPS) is 11.4. The Bertz CT molecular complexity index is 1310. The number of hydrogen-bond acceptors (Lipinski definition) is 8. The van der Waals surface area contributed by atoms with Gasteiger partial charge in [0.1, 0.15) is 18.1 Å². The first-order chi connectivity index (χ1) is 16.5. The van der Waals surface area contributed by atoms with Gasteiger partial charge < -0.3 is 19.3 Å². The number of nitrogens with one attached hydrogen (secondary N) is 1. The Morgan fingerprint density at radius 3 is 2.34 bits per heavy atom. The first kappa shape index (κ1) is 25.9. The summed E-state index contributed by atoms with van der Waals surface area (Å²) in [6.45, 7) is 5.04. The number of nitrogens with zero attached hydrogens (tertiary/aromatic N) is 2. The number of aromatic nitrogens is 1. The molecule has 0 radical (unpaired) electrons. The summed E-state index contributed by atoms with van der Waals surface area (Å²) in [6, 6.07) is 10.8. The number of hydrogen-bond donors (Lipinski definition) is 1. The molecule has 0 saturated heterocycles. The number of ether oxygens (including phenoxy) is 2. The van der Waals surface area contributed by atoms with Gasteiger partial charge in [0, 0.05) is 19.8 Å². The highest BCUT2D eigenvalue weighted by Crippen LogP contribution is 2.22. The molecule has 0 spiro atoms. The van der Waals surface area contributed by atoms with Crippen LogP contribution in [0.4, 0.5) is 5.69 Å². The number of carbonyl (C=O) groups is 2. The lowest BCUT2D eigenvalue weighted by Gasteiger charge is -2.15. The number of anilines is 1. The van der Waals surface area contributed by atoms with Gasteiger partial charge in [-0.1, -0.05) is 11.2 Å². The van der Waals surface area contributed by atoms with E-state index in [9.17, 15) is 18.0 Å². The third-order valence-electron chi connectivity index (χ3n) is 5.22. The minimum Gasteiger partial charge on any atom is -0.489 e. The van der Waals surface area contributed by atoms with Crippen molar-refractivity contribution >= 4 is 27.6 Å². The van der Waals surface area contributed by atoms with E-state index in [1.165, 1.54) is 32.3 Å². The fourth-order valence-electron chi connectivity index (χ4n) is 3.11. The van der Waals surface area contributed by atoms with E-state index < -0.39 is 28.5 Å². The SMILES string of the molecule is Cc1ccc(NC(=O)COC(=O)c2ccc(OCc3c(C)noc3C)cc2)cc1S(=O)(=O)N(C)C. The van der Waals surface area contributed by atoms with E-state index in [2.05, 4.69) is 10.5 Å². The summed E-state index contributed by atoms with van der Waals surface area (Å²) in [6.07, 6.45) is 0. The molecule has 186 valence electrons. The van der Waals surface area contributed by atoms with Gasteiger partial charge in [0.25, 0.3) is 5.91 Å². The predicted molar refractivity (Wildman–Crippen MR) is 128 cm³/mol. The molecule has 1 amide bonds. The lowest BCUT2D eigenvalue weighted by molar-refractivity contribution is -0.119. The molecule has 0 aliphatic carbocycles. The van der Waals surface area contributed by atoms with Crippen LogP contribution >= 0.6 is 0 Å². The summed E-state index contributed by atoms with van der Waals surface area (Å²) < 4.78 is 41.9.